The summed E-state index contributed by atoms with van der Waals surface area (Å²) in [6, 6.07) is 2.16. The van der Waals surface area contributed by atoms with Gasteiger partial charge in [0.1, 0.15) is 35.4 Å². The SMILES string of the molecule is Clc1cc2c(cn1)-c1nc(-c3ncnn3C3CCCCC3)cn1CCO2. The zero-order valence-electron chi connectivity index (χ0n) is 14.3. The number of hydrogen-bond donors (Lipinski definition) is 0. The lowest BCUT2D eigenvalue weighted by atomic mass is 9.95. The van der Waals surface area contributed by atoms with E-state index in [0.29, 0.717) is 24.3 Å². The number of fused-ring (bicyclic) bond motifs is 3. The molecule has 0 bridgehead atoms. The van der Waals surface area contributed by atoms with Crippen LogP contribution >= 0.6 is 11.6 Å². The fourth-order valence-electron chi connectivity index (χ4n) is 3.89. The molecule has 0 amide bonds. The standard InChI is InChI=1S/C18H19ClN6O/c19-16-8-15-13(9-20-16)17-23-14(10-24(17)6-7-26-15)18-21-11-22-25(18)12-4-2-1-3-5-12/h8-12H,1-7H2. The lowest BCUT2D eigenvalue weighted by Crippen LogP contribution is -2.15. The minimum atomic E-state index is 0.416. The summed E-state index contributed by atoms with van der Waals surface area (Å²) in [7, 11) is 0. The zero-order chi connectivity index (χ0) is 17.5. The van der Waals surface area contributed by atoms with Crippen LogP contribution in [0.3, 0.4) is 0 Å². The van der Waals surface area contributed by atoms with Crippen LogP contribution in [0.5, 0.6) is 5.75 Å². The van der Waals surface area contributed by atoms with E-state index in [1.807, 2.05) is 6.20 Å². The van der Waals surface area contributed by atoms with Gasteiger partial charge in [-0.15, -0.1) is 0 Å². The van der Waals surface area contributed by atoms with Crippen LogP contribution in [0.1, 0.15) is 38.1 Å². The Morgan fingerprint density at radius 2 is 2.00 bits per heavy atom. The lowest BCUT2D eigenvalue weighted by molar-refractivity contribution is 0.306. The average Bonchev–Trinajstić information content (AvgIpc) is 3.27. The van der Waals surface area contributed by atoms with Crippen molar-refractivity contribution in [2.24, 2.45) is 0 Å². The highest BCUT2D eigenvalue weighted by molar-refractivity contribution is 6.29. The van der Waals surface area contributed by atoms with E-state index in [1.54, 1.807) is 18.6 Å². The van der Waals surface area contributed by atoms with Crippen LogP contribution in [0.2, 0.25) is 5.15 Å². The summed E-state index contributed by atoms with van der Waals surface area (Å²) in [5, 5.41) is 4.92. The Bertz CT molecular complexity index is 943. The van der Waals surface area contributed by atoms with Crippen molar-refractivity contribution in [3.63, 3.8) is 0 Å². The summed E-state index contributed by atoms with van der Waals surface area (Å²) in [5.74, 6) is 2.38. The molecule has 0 atom stereocenters. The predicted molar refractivity (Wildman–Crippen MR) is 97.1 cm³/mol. The van der Waals surface area contributed by atoms with Gasteiger partial charge in [0.05, 0.1) is 18.2 Å². The fraction of sp³-hybridized carbons (Fsp3) is 0.444. The summed E-state index contributed by atoms with van der Waals surface area (Å²) in [5.41, 5.74) is 1.69. The lowest BCUT2D eigenvalue weighted by Gasteiger charge is -2.22. The van der Waals surface area contributed by atoms with E-state index in [4.69, 9.17) is 21.3 Å². The number of halogens is 1. The Hall–Kier alpha value is -2.41. The fourth-order valence-corrected chi connectivity index (χ4v) is 4.04. The van der Waals surface area contributed by atoms with E-state index >= 15 is 0 Å². The largest absolute Gasteiger partial charge is 0.491 e. The van der Waals surface area contributed by atoms with Gasteiger partial charge >= 0.3 is 0 Å². The molecule has 3 aromatic rings. The molecule has 134 valence electrons. The number of nitrogens with zero attached hydrogens (tertiary/aromatic N) is 6. The Morgan fingerprint density at radius 3 is 2.88 bits per heavy atom. The molecule has 2 aliphatic rings. The van der Waals surface area contributed by atoms with E-state index in [9.17, 15) is 0 Å². The topological polar surface area (TPSA) is 70.7 Å². The predicted octanol–water partition coefficient (Wildman–Crippen LogP) is 3.75. The molecule has 0 spiro atoms. The minimum Gasteiger partial charge on any atom is -0.491 e. The first-order chi connectivity index (χ1) is 12.8. The monoisotopic (exact) mass is 370 g/mol. The zero-order valence-corrected chi connectivity index (χ0v) is 15.1. The Morgan fingerprint density at radius 1 is 1.12 bits per heavy atom. The second-order valence-corrected chi connectivity index (χ2v) is 7.20. The molecule has 0 saturated heterocycles. The maximum absolute atomic E-state index is 6.01. The molecule has 1 aliphatic carbocycles. The molecule has 0 radical (unpaired) electrons. The molecule has 26 heavy (non-hydrogen) atoms. The second-order valence-electron chi connectivity index (χ2n) is 6.81. The third kappa shape index (κ3) is 2.67. The maximum atomic E-state index is 6.01. The molecule has 4 heterocycles. The molecule has 0 N–H and O–H groups in total. The van der Waals surface area contributed by atoms with E-state index in [0.717, 1.165) is 41.5 Å². The summed E-state index contributed by atoms with van der Waals surface area (Å²) in [6.45, 7) is 1.28. The first-order valence-corrected chi connectivity index (χ1v) is 9.43. The average molecular weight is 371 g/mol. The van der Waals surface area contributed by atoms with Gasteiger partial charge in [-0.1, -0.05) is 30.9 Å². The highest BCUT2D eigenvalue weighted by Crippen LogP contribution is 2.35. The Balaban J connectivity index is 1.57. The smallest absolute Gasteiger partial charge is 0.178 e. The summed E-state index contributed by atoms with van der Waals surface area (Å²) < 4.78 is 9.95. The number of pyridine rings is 1. The van der Waals surface area contributed by atoms with Crippen molar-refractivity contribution in [1.29, 1.82) is 0 Å². The van der Waals surface area contributed by atoms with Gasteiger partial charge in [-0.3, -0.25) is 0 Å². The number of imidazole rings is 1. The molecule has 3 aromatic heterocycles. The van der Waals surface area contributed by atoms with Gasteiger partial charge in [0, 0.05) is 18.5 Å². The van der Waals surface area contributed by atoms with E-state index in [2.05, 4.69) is 24.3 Å². The number of aromatic nitrogens is 6. The molecular weight excluding hydrogens is 352 g/mol. The molecule has 1 saturated carbocycles. The van der Waals surface area contributed by atoms with Gasteiger partial charge < -0.3 is 9.30 Å². The van der Waals surface area contributed by atoms with Crippen LogP contribution in [0, 0.1) is 0 Å². The van der Waals surface area contributed by atoms with Crippen LogP contribution < -0.4 is 4.74 Å². The number of ether oxygens (including phenoxy) is 1. The molecule has 1 fully saturated rings. The quantitative estimate of drug-likeness (QED) is 0.642. The van der Waals surface area contributed by atoms with Crippen LogP contribution in [0.4, 0.5) is 0 Å². The summed E-state index contributed by atoms with van der Waals surface area (Å²) in [6.07, 6.45) is 11.5. The van der Waals surface area contributed by atoms with Crippen molar-refractivity contribution in [2.75, 3.05) is 6.61 Å². The van der Waals surface area contributed by atoms with Crippen molar-refractivity contribution < 1.29 is 4.74 Å². The number of hydrogen-bond acceptors (Lipinski definition) is 5. The van der Waals surface area contributed by atoms with E-state index in [-0.39, 0.29) is 0 Å². The Kier molecular flexibility index (Phi) is 3.89. The first-order valence-electron chi connectivity index (χ1n) is 9.05. The van der Waals surface area contributed by atoms with Crippen molar-refractivity contribution in [1.82, 2.24) is 29.3 Å². The maximum Gasteiger partial charge on any atom is 0.178 e. The van der Waals surface area contributed by atoms with Gasteiger partial charge in [-0.05, 0) is 12.8 Å². The summed E-state index contributed by atoms with van der Waals surface area (Å²) in [4.78, 5) is 13.6. The highest BCUT2D eigenvalue weighted by atomic mass is 35.5. The highest BCUT2D eigenvalue weighted by Gasteiger charge is 2.24. The molecule has 7 nitrogen and oxygen atoms in total. The van der Waals surface area contributed by atoms with Gasteiger partial charge in [-0.2, -0.15) is 5.10 Å². The van der Waals surface area contributed by atoms with Crippen molar-refractivity contribution in [3.8, 4) is 28.7 Å². The normalized spacial score (nSPS) is 17.3. The third-order valence-electron chi connectivity index (χ3n) is 5.16. The van der Waals surface area contributed by atoms with E-state index < -0.39 is 0 Å². The van der Waals surface area contributed by atoms with Crippen molar-refractivity contribution in [2.45, 2.75) is 44.7 Å². The first kappa shape index (κ1) is 15.8. The Labute approximate surface area is 156 Å². The minimum absolute atomic E-state index is 0.416. The van der Waals surface area contributed by atoms with Crippen molar-refractivity contribution >= 4 is 11.6 Å². The molecule has 5 rings (SSSR count). The van der Waals surface area contributed by atoms with E-state index in [1.165, 1.54) is 19.3 Å². The van der Waals surface area contributed by atoms with Gasteiger partial charge in [-0.25, -0.2) is 19.6 Å². The third-order valence-corrected chi connectivity index (χ3v) is 5.37. The van der Waals surface area contributed by atoms with Crippen molar-refractivity contribution in [3.05, 3.63) is 29.9 Å². The second kappa shape index (κ2) is 6.39. The van der Waals surface area contributed by atoms with Crippen LogP contribution in [-0.4, -0.2) is 35.9 Å². The molecule has 0 aromatic carbocycles. The van der Waals surface area contributed by atoms with Crippen LogP contribution in [0.25, 0.3) is 22.9 Å². The molecular formula is C18H19ClN6O. The molecule has 8 heteroatoms. The number of rotatable bonds is 2. The van der Waals surface area contributed by atoms with Crippen LogP contribution in [0.15, 0.2) is 24.8 Å². The van der Waals surface area contributed by atoms with Crippen LogP contribution in [-0.2, 0) is 6.54 Å². The van der Waals surface area contributed by atoms with Gasteiger partial charge in [0.25, 0.3) is 0 Å². The van der Waals surface area contributed by atoms with Gasteiger partial charge in [0.2, 0.25) is 0 Å². The van der Waals surface area contributed by atoms with Gasteiger partial charge in [0.15, 0.2) is 5.82 Å². The molecule has 1 aliphatic heterocycles. The molecule has 0 unspecified atom stereocenters. The summed E-state index contributed by atoms with van der Waals surface area (Å²) >= 11 is 6.01.